The zero-order valence-electron chi connectivity index (χ0n) is 23.3. The highest BCUT2D eigenvalue weighted by Gasteiger charge is 2.29. The topological polar surface area (TPSA) is 106 Å². The van der Waals surface area contributed by atoms with Crippen LogP contribution in [0.5, 0.6) is 11.5 Å². The molecule has 4 aromatic rings. The van der Waals surface area contributed by atoms with Crippen LogP contribution in [0.15, 0.2) is 103 Å². The van der Waals surface area contributed by atoms with Gasteiger partial charge in [-0.25, -0.2) is 4.39 Å². The molecule has 5 N–H and O–H groups in total. The first-order chi connectivity index (χ1) is 20.5. The zero-order chi connectivity index (χ0) is 29.3. The maximum atomic E-state index is 15.0. The van der Waals surface area contributed by atoms with Crippen LogP contribution < -0.4 is 21.1 Å². The number of ether oxygens (including phenoxy) is 2. The summed E-state index contributed by atoms with van der Waals surface area (Å²) in [5.41, 5.74) is 9.20. The Bertz CT molecular complexity index is 1430. The summed E-state index contributed by atoms with van der Waals surface area (Å²) >= 11 is 0. The van der Waals surface area contributed by atoms with Gasteiger partial charge in [0.1, 0.15) is 17.3 Å². The van der Waals surface area contributed by atoms with E-state index in [1.54, 1.807) is 12.1 Å². The van der Waals surface area contributed by atoms with Crippen molar-refractivity contribution in [3.05, 3.63) is 126 Å². The lowest BCUT2D eigenvalue weighted by Gasteiger charge is -2.29. The third-order valence-electron chi connectivity index (χ3n) is 7.52. The predicted octanol–water partition coefficient (Wildman–Crippen LogP) is 5.00. The molecular weight excluding hydrogens is 533 g/mol. The number of rotatable bonds is 11. The molecule has 4 unspecified atom stereocenters. The summed E-state index contributed by atoms with van der Waals surface area (Å²) in [5.74, 6) is 0.138. The fourth-order valence-corrected chi connectivity index (χ4v) is 5.21. The molecule has 4 atom stereocenters. The smallest absolute Gasteiger partial charge is 0.242 e. The van der Waals surface area contributed by atoms with Gasteiger partial charge in [-0.15, -0.1) is 0 Å². The van der Waals surface area contributed by atoms with Crippen LogP contribution in [0.3, 0.4) is 0 Å². The van der Waals surface area contributed by atoms with Gasteiger partial charge >= 0.3 is 0 Å². The van der Waals surface area contributed by atoms with Gasteiger partial charge in [-0.2, -0.15) is 0 Å². The Kier molecular flexibility index (Phi) is 9.94. The average molecular weight is 570 g/mol. The van der Waals surface area contributed by atoms with Crippen molar-refractivity contribution in [2.24, 2.45) is 5.73 Å². The lowest BCUT2D eigenvalue weighted by molar-refractivity contribution is -0.117. The fraction of sp³-hybridized carbons (Fsp3) is 0.265. The Morgan fingerprint density at radius 2 is 1.62 bits per heavy atom. The van der Waals surface area contributed by atoms with Crippen LogP contribution in [0, 0.1) is 5.82 Å². The van der Waals surface area contributed by atoms with Crippen LogP contribution >= 0.6 is 0 Å². The van der Waals surface area contributed by atoms with Gasteiger partial charge in [-0.3, -0.25) is 4.79 Å². The molecule has 1 aliphatic heterocycles. The Hall–Kier alpha value is -4.08. The first kappa shape index (κ1) is 29.4. The molecule has 0 aromatic heterocycles. The highest BCUT2D eigenvalue weighted by molar-refractivity contribution is 5.96. The number of para-hydroxylation sites is 1. The Balaban J connectivity index is 1.32. The number of nitrogens with two attached hydrogens (primary N) is 1. The van der Waals surface area contributed by atoms with Crippen LogP contribution in [-0.4, -0.2) is 49.0 Å². The van der Waals surface area contributed by atoms with Gasteiger partial charge in [0, 0.05) is 23.7 Å². The maximum Gasteiger partial charge on any atom is 0.242 e. The summed E-state index contributed by atoms with van der Waals surface area (Å²) in [6.45, 7) is 0.976. The van der Waals surface area contributed by atoms with Gasteiger partial charge in [0.15, 0.2) is 0 Å². The second kappa shape index (κ2) is 14.2. The van der Waals surface area contributed by atoms with E-state index >= 15 is 0 Å². The number of carbonyl (C=O) groups excluding carboxylic acids is 1. The molecule has 7 nitrogen and oxygen atoms in total. The van der Waals surface area contributed by atoms with Crippen molar-refractivity contribution in [2.75, 3.05) is 25.1 Å². The second-order valence-electron chi connectivity index (χ2n) is 10.4. The molecule has 0 saturated carbocycles. The molecule has 4 aromatic carbocycles. The summed E-state index contributed by atoms with van der Waals surface area (Å²) in [7, 11) is 0. The Morgan fingerprint density at radius 1 is 0.952 bits per heavy atom. The molecular formula is C34H36FN3O4. The molecule has 0 radical (unpaired) electrons. The quantitative estimate of drug-likeness (QED) is 0.203. The first-order valence-electron chi connectivity index (χ1n) is 14.2. The number of aliphatic hydroxyl groups excluding tert-OH is 1. The van der Waals surface area contributed by atoms with Gasteiger partial charge in [0.2, 0.25) is 5.91 Å². The number of anilines is 1. The number of morpholine rings is 1. The highest BCUT2D eigenvalue weighted by atomic mass is 19.1. The number of aliphatic hydroxyl groups is 1. The Labute approximate surface area is 245 Å². The highest BCUT2D eigenvalue weighted by Crippen LogP contribution is 2.31. The summed E-state index contributed by atoms with van der Waals surface area (Å²) in [4.78, 5) is 13.6. The summed E-state index contributed by atoms with van der Waals surface area (Å²) < 4.78 is 26.7. The monoisotopic (exact) mass is 569 g/mol. The number of nitrogens with one attached hydrogen (secondary N) is 2. The van der Waals surface area contributed by atoms with Gasteiger partial charge in [0.25, 0.3) is 0 Å². The summed E-state index contributed by atoms with van der Waals surface area (Å²) in [6, 6.07) is 30.3. The number of halogens is 1. The van der Waals surface area contributed by atoms with Crippen molar-refractivity contribution in [2.45, 2.75) is 36.9 Å². The molecule has 1 heterocycles. The standard InChI is InChI=1S/C34H36FN3O4/c35-30-12-7-13-31(29(30)19-18-28-20-37-25(21-39)22-41-28)38-34(40)33(36)32(23-8-3-1-4-9-23)24-14-16-27(17-15-24)42-26-10-5-2-6-11-26/h1-17,25,28,32-33,37,39H,18-22,36H2,(H,38,40). The largest absolute Gasteiger partial charge is 0.457 e. The van der Waals surface area contributed by atoms with Gasteiger partial charge < -0.3 is 30.9 Å². The van der Waals surface area contributed by atoms with E-state index in [4.69, 9.17) is 15.2 Å². The van der Waals surface area contributed by atoms with Crippen LogP contribution in [0.4, 0.5) is 10.1 Å². The van der Waals surface area contributed by atoms with Crippen molar-refractivity contribution in [3.63, 3.8) is 0 Å². The normalized spacial score (nSPS) is 18.2. The minimum atomic E-state index is -0.953. The minimum Gasteiger partial charge on any atom is -0.457 e. The van der Waals surface area contributed by atoms with E-state index in [1.807, 2.05) is 84.9 Å². The molecule has 0 bridgehead atoms. The lowest BCUT2D eigenvalue weighted by Crippen LogP contribution is -2.48. The molecule has 8 heteroatoms. The third kappa shape index (κ3) is 7.40. The van der Waals surface area contributed by atoms with Gasteiger partial charge in [-0.05, 0) is 60.4 Å². The molecule has 1 saturated heterocycles. The van der Waals surface area contributed by atoms with Crippen molar-refractivity contribution < 1.29 is 23.8 Å². The minimum absolute atomic E-state index is 0.00601. The van der Waals surface area contributed by atoms with Gasteiger partial charge in [-0.1, -0.05) is 66.7 Å². The van der Waals surface area contributed by atoms with Crippen LogP contribution in [0.1, 0.15) is 29.0 Å². The molecule has 5 rings (SSSR count). The molecule has 218 valence electrons. The van der Waals surface area contributed by atoms with Crippen LogP contribution in [0.25, 0.3) is 0 Å². The van der Waals surface area contributed by atoms with E-state index in [2.05, 4.69) is 10.6 Å². The summed E-state index contributed by atoms with van der Waals surface area (Å²) in [5, 5.41) is 15.4. The number of benzene rings is 4. The third-order valence-corrected chi connectivity index (χ3v) is 7.52. The molecule has 1 aliphatic rings. The fourth-order valence-electron chi connectivity index (χ4n) is 5.21. The van der Waals surface area contributed by atoms with Crippen molar-refractivity contribution >= 4 is 11.6 Å². The van der Waals surface area contributed by atoms with E-state index in [0.717, 1.165) is 16.9 Å². The Morgan fingerprint density at radius 3 is 2.29 bits per heavy atom. The van der Waals surface area contributed by atoms with E-state index in [1.165, 1.54) is 6.07 Å². The summed E-state index contributed by atoms with van der Waals surface area (Å²) in [6.07, 6.45) is 0.818. The maximum absolute atomic E-state index is 15.0. The lowest BCUT2D eigenvalue weighted by atomic mass is 9.85. The average Bonchev–Trinajstić information content (AvgIpc) is 3.03. The number of carbonyl (C=O) groups is 1. The van der Waals surface area contributed by atoms with Crippen molar-refractivity contribution in [1.82, 2.24) is 5.32 Å². The van der Waals surface area contributed by atoms with E-state index in [-0.39, 0.29) is 18.8 Å². The van der Waals surface area contributed by atoms with Crippen LogP contribution in [-0.2, 0) is 16.0 Å². The number of hydrogen-bond acceptors (Lipinski definition) is 6. The number of hydrogen-bond donors (Lipinski definition) is 4. The van der Waals surface area contributed by atoms with Crippen molar-refractivity contribution in [3.8, 4) is 11.5 Å². The van der Waals surface area contributed by atoms with E-state index < -0.39 is 23.7 Å². The van der Waals surface area contributed by atoms with Crippen molar-refractivity contribution in [1.29, 1.82) is 0 Å². The predicted molar refractivity (Wildman–Crippen MR) is 161 cm³/mol. The zero-order valence-corrected chi connectivity index (χ0v) is 23.3. The van der Waals surface area contributed by atoms with Gasteiger partial charge in [0.05, 0.1) is 31.4 Å². The molecule has 1 amide bonds. The molecule has 42 heavy (non-hydrogen) atoms. The van der Waals surface area contributed by atoms with E-state index in [0.29, 0.717) is 43.0 Å². The molecule has 0 aliphatic carbocycles. The van der Waals surface area contributed by atoms with Crippen LogP contribution in [0.2, 0.25) is 0 Å². The molecule has 0 spiro atoms. The number of amides is 1. The molecule has 1 fully saturated rings. The van der Waals surface area contributed by atoms with E-state index in [9.17, 15) is 14.3 Å². The first-order valence-corrected chi connectivity index (χ1v) is 14.2. The second-order valence-corrected chi connectivity index (χ2v) is 10.4. The SMILES string of the molecule is NC(C(=O)Nc1cccc(F)c1CCC1CNC(CO)CO1)C(c1ccccc1)c1ccc(Oc2ccccc2)cc1.